The molecule has 0 aromatic heterocycles. The third-order valence-electron chi connectivity index (χ3n) is 6.59. The van der Waals surface area contributed by atoms with Gasteiger partial charge in [-0.3, -0.25) is 0 Å². The zero-order valence-electron chi connectivity index (χ0n) is 26.0. The van der Waals surface area contributed by atoms with E-state index in [4.69, 9.17) is 32.1 Å². The van der Waals surface area contributed by atoms with Crippen LogP contribution in [-0.2, 0) is 33.5 Å². The Balaban J connectivity index is 2.02. The van der Waals surface area contributed by atoms with E-state index >= 15 is 0 Å². The summed E-state index contributed by atoms with van der Waals surface area (Å²) in [6.45, 7) is -0.175. The van der Waals surface area contributed by atoms with Crippen molar-refractivity contribution in [1.82, 2.24) is 0 Å². The molecular weight excluding hydrogens is 640 g/mol. The van der Waals surface area contributed by atoms with E-state index in [1.165, 1.54) is 40.6 Å². The largest absolute Gasteiger partial charge is 0.496 e. The van der Waals surface area contributed by atoms with E-state index in [-0.39, 0.29) is 70.2 Å². The van der Waals surface area contributed by atoms with Crippen molar-refractivity contribution in [3.8, 4) is 62.5 Å². The molecule has 12 nitrogen and oxygen atoms in total. The summed E-state index contributed by atoms with van der Waals surface area (Å²) in [4.78, 5) is 0. The quantitative estimate of drug-likeness (QED) is 0.183. The molecule has 0 aliphatic rings. The zero-order valence-corrected chi connectivity index (χ0v) is 27.7. The Morgan fingerprint density at radius 2 is 1.17 bits per heavy atom. The lowest BCUT2D eigenvalue weighted by atomic mass is 9.94. The fourth-order valence-electron chi connectivity index (χ4n) is 4.74. The molecule has 0 atom stereocenters. The number of benzene rings is 4. The molecule has 246 valence electrons. The molecule has 0 spiro atoms. The van der Waals surface area contributed by atoms with Crippen molar-refractivity contribution in [3.63, 3.8) is 0 Å². The first-order chi connectivity index (χ1) is 21.8. The summed E-state index contributed by atoms with van der Waals surface area (Å²) in [5.74, 6) is 0.338. The molecule has 0 saturated heterocycles. The fraction of sp³-hybridized carbons (Fsp3) is 0.250. The van der Waals surface area contributed by atoms with Gasteiger partial charge in [-0.05, 0) is 47.0 Å². The number of rotatable bonds is 14. The summed E-state index contributed by atoms with van der Waals surface area (Å²) in [5.41, 5.74) is 2.32. The van der Waals surface area contributed by atoms with Crippen molar-refractivity contribution in [3.05, 3.63) is 77.9 Å². The van der Waals surface area contributed by atoms with Crippen LogP contribution in [0, 0.1) is 0 Å². The molecule has 1 N–H and O–H groups in total. The number of methoxy groups -OCH3 is 4. The van der Waals surface area contributed by atoms with Crippen molar-refractivity contribution >= 4 is 20.2 Å². The summed E-state index contributed by atoms with van der Waals surface area (Å²) in [7, 11) is -2.65. The molecule has 14 heteroatoms. The van der Waals surface area contributed by atoms with Crippen LogP contribution in [0.25, 0.3) is 22.3 Å². The summed E-state index contributed by atoms with van der Waals surface area (Å²) in [6, 6.07) is 18.4. The van der Waals surface area contributed by atoms with Gasteiger partial charge in [0.05, 0.1) is 58.7 Å². The van der Waals surface area contributed by atoms with Crippen LogP contribution in [0.15, 0.2) is 66.7 Å². The van der Waals surface area contributed by atoms with Gasteiger partial charge in [-0.1, -0.05) is 36.4 Å². The number of ether oxygens (including phenoxy) is 5. The third kappa shape index (κ3) is 7.94. The Labute approximate surface area is 268 Å². The van der Waals surface area contributed by atoms with Crippen molar-refractivity contribution in [2.24, 2.45) is 0 Å². The predicted octanol–water partition coefficient (Wildman–Crippen LogP) is 4.80. The van der Waals surface area contributed by atoms with E-state index < -0.39 is 20.2 Å². The van der Waals surface area contributed by atoms with Gasteiger partial charge in [-0.2, -0.15) is 16.8 Å². The molecule has 0 unspecified atom stereocenters. The second-order valence-corrected chi connectivity index (χ2v) is 13.1. The van der Waals surface area contributed by atoms with Crippen molar-refractivity contribution in [2.45, 2.75) is 13.2 Å². The number of hydrogen-bond donors (Lipinski definition) is 1. The molecule has 0 aliphatic carbocycles. The van der Waals surface area contributed by atoms with Gasteiger partial charge >= 0.3 is 20.2 Å². The standard InChI is InChI=1S/C32H34O12S2/c1-38-26-14-21(18-33)15-27(39-2)30(26)23-17-28(40-3)29(32(31(23)41-4)44-46(6,36)37)22-12-13-24(25(16-22)43-45(5,34)35)42-19-20-10-8-7-9-11-20/h7-17,33H,18-19H2,1-6H3. The molecular formula is C32H34O12S2. The van der Waals surface area contributed by atoms with E-state index in [1.807, 2.05) is 30.3 Å². The minimum absolute atomic E-state index is 0.0374. The third-order valence-corrected chi connectivity index (χ3v) is 7.54. The second-order valence-electron chi connectivity index (χ2n) is 9.91. The minimum Gasteiger partial charge on any atom is -0.496 e. The van der Waals surface area contributed by atoms with Gasteiger partial charge < -0.3 is 37.2 Å². The maximum atomic E-state index is 12.6. The first kappa shape index (κ1) is 34.2. The van der Waals surface area contributed by atoms with Gasteiger partial charge in [0.15, 0.2) is 23.0 Å². The average Bonchev–Trinajstić information content (AvgIpc) is 3.01. The van der Waals surface area contributed by atoms with Gasteiger partial charge in [0.1, 0.15) is 23.9 Å². The Morgan fingerprint density at radius 1 is 0.587 bits per heavy atom. The highest BCUT2D eigenvalue weighted by molar-refractivity contribution is 7.86. The highest BCUT2D eigenvalue weighted by atomic mass is 32.2. The molecule has 0 amide bonds. The van der Waals surface area contributed by atoms with Crippen molar-refractivity contribution in [2.75, 3.05) is 41.0 Å². The molecule has 0 saturated carbocycles. The van der Waals surface area contributed by atoms with Gasteiger partial charge in [0.2, 0.25) is 0 Å². The Bertz CT molecular complexity index is 1900. The van der Waals surface area contributed by atoms with Crippen LogP contribution in [0.1, 0.15) is 11.1 Å². The SMILES string of the molecule is COc1cc(CO)cc(OC)c1-c1cc(OC)c(-c2ccc(OCc3ccccc3)c(OS(C)(=O)=O)c2)c(OS(C)(=O)=O)c1OC. The molecule has 0 aliphatic heterocycles. The van der Waals surface area contributed by atoms with Crippen LogP contribution in [0.5, 0.6) is 40.2 Å². The molecule has 4 aromatic carbocycles. The van der Waals surface area contributed by atoms with Crippen LogP contribution in [0.3, 0.4) is 0 Å². The predicted molar refractivity (Wildman–Crippen MR) is 171 cm³/mol. The van der Waals surface area contributed by atoms with Crippen molar-refractivity contribution < 1.29 is 54.0 Å². The van der Waals surface area contributed by atoms with E-state index in [0.717, 1.165) is 18.1 Å². The lowest BCUT2D eigenvalue weighted by Gasteiger charge is -2.23. The molecule has 0 radical (unpaired) electrons. The number of hydrogen-bond acceptors (Lipinski definition) is 12. The van der Waals surface area contributed by atoms with E-state index in [9.17, 15) is 21.9 Å². The van der Waals surface area contributed by atoms with E-state index in [2.05, 4.69) is 0 Å². The van der Waals surface area contributed by atoms with Crippen LogP contribution in [-0.4, -0.2) is 62.9 Å². The zero-order chi connectivity index (χ0) is 33.6. The maximum Gasteiger partial charge on any atom is 0.306 e. The fourth-order valence-corrected chi connectivity index (χ4v) is 5.66. The first-order valence-corrected chi connectivity index (χ1v) is 17.2. The van der Waals surface area contributed by atoms with Gasteiger partial charge in [-0.15, -0.1) is 0 Å². The molecule has 4 rings (SSSR count). The highest BCUT2D eigenvalue weighted by Gasteiger charge is 2.30. The van der Waals surface area contributed by atoms with Crippen molar-refractivity contribution in [1.29, 1.82) is 0 Å². The van der Waals surface area contributed by atoms with Gasteiger partial charge in [0, 0.05) is 5.56 Å². The first-order valence-electron chi connectivity index (χ1n) is 13.6. The lowest BCUT2D eigenvalue weighted by Crippen LogP contribution is -2.10. The Hall–Kier alpha value is -4.66. The second kappa shape index (κ2) is 14.2. The summed E-state index contributed by atoms with van der Waals surface area (Å²) < 4.78 is 89.2. The number of aliphatic hydroxyl groups is 1. The molecule has 0 fully saturated rings. The summed E-state index contributed by atoms with van der Waals surface area (Å²) in [5, 5.41) is 9.76. The summed E-state index contributed by atoms with van der Waals surface area (Å²) in [6.07, 6.45) is 1.76. The monoisotopic (exact) mass is 674 g/mol. The topological polar surface area (TPSA) is 153 Å². The summed E-state index contributed by atoms with van der Waals surface area (Å²) >= 11 is 0. The minimum atomic E-state index is -4.18. The van der Waals surface area contributed by atoms with Crippen LogP contribution < -0.4 is 32.1 Å². The Kier molecular flexibility index (Phi) is 10.6. The smallest absolute Gasteiger partial charge is 0.306 e. The maximum absolute atomic E-state index is 12.6. The molecule has 46 heavy (non-hydrogen) atoms. The van der Waals surface area contributed by atoms with Crippen LogP contribution in [0.4, 0.5) is 0 Å². The highest BCUT2D eigenvalue weighted by Crippen LogP contribution is 2.54. The van der Waals surface area contributed by atoms with Gasteiger partial charge in [0.25, 0.3) is 0 Å². The van der Waals surface area contributed by atoms with Gasteiger partial charge in [-0.25, -0.2) is 0 Å². The number of aliphatic hydroxyl groups excluding tert-OH is 1. The normalized spacial score (nSPS) is 11.5. The molecule has 4 aromatic rings. The Morgan fingerprint density at radius 3 is 1.70 bits per heavy atom. The molecule has 0 bridgehead atoms. The van der Waals surface area contributed by atoms with E-state index in [0.29, 0.717) is 11.1 Å². The van der Waals surface area contributed by atoms with Crippen LogP contribution in [0.2, 0.25) is 0 Å². The average molecular weight is 675 g/mol. The van der Waals surface area contributed by atoms with E-state index in [1.54, 1.807) is 24.3 Å². The van der Waals surface area contributed by atoms with Crippen LogP contribution >= 0.6 is 0 Å². The lowest BCUT2D eigenvalue weighted by molar-refractivity contribution is 0.280. The molecule has 0 heterocycles.